The third-order valence-electron chi connectivity index (χ3n) is 4.84. The summed E-state index contributed by atoms with van der Waals surface area (Å²) in [7, 11) is -3.63. The van der Waals surface area contributed by atoms with E-state index in [1.54, 1.807) is 5.38 Å². The molecule has 0 saturated carbocycles. The molecule has 0 radical (unpaired) electrons. The molecule has 7 heteroatoms. The lowest BCUT2D eigenvalue weighted by Crippen LogP contribution is -2.35. The second kappa shape index (κ2) is 7.50. The molecule has 0 atom stereocenters. The Hall–Kier alpha value is -2.48. The maximum absolute atomic E-state index is 13.0. The Labute approximate surface area is 168 Å². The van der Waals surface area contributed by atoms with E-state index in [0.717, 1.165) is 22.5 Å². The van der Waals surface area contributed by atoms with Crippen LogP contribution in [0.5, 0.6) is 0 Å². The number of carbonyl (C=O) groups is 1. The second-order valence-electron chi connectivity index (χ2n) is 6.82. The van der Waals surface area contributed by atoms with Gasteiger partial charge in [0.05, 0.1) is 9.77 Å². The lowest BCUT2D eigenvalue weighted by atomic mass is 10.0. The molecule has 0 fully saturated rings. The number of sulfonamides is 1. The predicted molar refractivity (Wildman–Crippen MR) is 111 cm³/mol. The molecule has 0 saturated heterocycles. The number of fused-ring (bicyclic) bond motifs is 1. The van der Waals surface area contributed by atoms with Crippen LogP contribution in [0.1, 0.15) is 26.4 Å². The lowest BCUT2D eigenvalue weighted by molar-refractivity contribution is 0.103. The van der Waals surface area contributed by atoms with Gasteiger partial charge in [-0.1, -0.05) is 42.0 Å². The Balaban J connectivity index is 1.51. The zero-order valence-electron chi connectivity index (χ0n) is 15.4. The van der Waals surface area contributed by atoms with E-state index < -0.39 is 10.0 Å². The van der Waals surface area contributed by atoms with Crippen LogP contribution in [0.4, 0.5) is 5.69 Å². The third kappa shape index (κ3) is 3.73. The number of nitrogens with one attached hydrogen (secondary N) is 1. The summed E-state index contributed by atoms with van der Waals surface area (Å²) in [5.41, 5.74) is 4.01. The molecule has 5 nitrogen and oxygen atoms in total. The van der Waals surface area contributed by atoms with Crippen LogP contribution < -0.4 is 5.32 Å². The summed E-state index contributed by atoms with van der Waals surface area (Å²) in [6.07, 6.45) is 0.695. The zero-order chi connectivity index (χ0) is 19.7. The van der Waals surface area contributed by atoms with E-state index in [0.29, 0.717) is 30.1 Å². The van der Waals surface area contributed by atoms with Crippen molar-refractivity contribution in [3.05, 3.63) is 81.5 Å². The quantitative estimate of drug-likeness (QED) is 0.703. The molecule has 1 aliphatic rings. The van der Waals surface area contributed by atoms with E-state index in [1.807, 2.05) is 55.5 Å². The van der Waals surface area contributed by atoms with Crippen LogP contribution in [0.25, 0.3) is 0 Å². The smallest absolute Gasteiger partial charge is 0.265 e. The van der Waals surface area contributed by atoms with Crippen LogP contribution in [-0.2, 0) is 23.0 Å². The molecule has 1 aliphatic heterocycles. The highest BCUT2D eigenvalue weighted by Crippen LogP contribution is 2.28. The van der Waals surface area contributed by atoms with Crippen LogP contribution in [0.15, 0.2) is 64.9 Å². The van der Waals surface area contributed by atoms with Crippen molar-refractivity contribution in [3.8, 4) is 0 Å². The van der Waals surface area contributed by atoms with Gasteiger partial charge >= 0.3 is 0 Å². The van der Waals surface area contributed by atoms with Crippen molar-refractivity contribution < 1.29 is 13.2 Å². The van der Waals surface area contributed by atoms with E-state index >= 15 is 0 Å². The largest absolute Gasteiger partial charge is 0.321 e. The van der Waals surface area contributed by atoms with Gasteiger partial charge in [0.25, 0.3) is 5.91 Å². The lowest BCUT2D eigenvalue weighted by Gasteiger charge is -2.27. The van der Waals surface area contributed by atoms with Crippen LogP contribution in [-0.4, -0.2) is 25.2 Å². The van der Waals surface area contributed by atoms with Crippen molar-refractivity contribution in [2.24, 2.45) is 0 Å². The SMILES string of the molecule is Cc1ccc(NC(=O)c2cc(S(=O)(=O)N3CCc4ccccc4C3)cs2)cc1. The average Bonchev–Trinajstić information content (AvgIpc) is 3.21. The van der Waals surface area contributed by atoms with Crippen molar-refractivity contribution in [1.82, 2.24) is 4.31 Å². The topological polar surface area (TPSA) is 66.5 Å². The van der Waals surface area contributed by atoms with Gasteiger partial charge in [-0.05, 0) is 42.7 Å². The molecule has 0 spiro atoms. The Morgan fingerprint density at radius 1 is 1.07 bits per heavy atom. The number of nitrogens with zero attached hydrogens (tertiary/aromatic N) is 1. The third-order valence-corrected chi connectivity index (χ3v) is 7.74. The second-order valence-corrected chi connectivity index (χ2v) is 9.67. The van der Waals surface area contributed by atoms with Gasteiger partial charge in [-0.2, -0.15) is 4.31 Å². The molecule has 144 valence electrons. The highest BCUT2D eigenvalue weighted by Gasteiger charge is 2.29. The van der Waals surface area contributed by atoms with Gasteiger partial charge in [0.2, 0.25) is 10.0 Å². The Morgan fingerprint density at radius 3 is 2.54 bits per heavy atom. The van der Waals surface area contributed by atoms with E-state index in [1.165, 1.54) is 15.9 Å². The maximum Gasteiger partial charge on any atom is 0.265 e. The summed E-state index contributed by atoms with van der Waals surface area (Å²) >= 11 is 1.14. The summed E-state index contributed by atoms with van der Waals surface area (Å²) in [6.45, 7) is 2.78. The number of thiophene rings is 1. The molecule has 2 aromatic carbocycles. The van der Waals surface area contributed by atoms with E-state index in [-0.39, 0.29) is 10.8 Å². The van der Waals surface area contributed by atoms with E-state index in [2.05, 4.69) is 5.32 Å². The number of rotatable bonds is 4. The van der Waals surface area contributed by atoms with Crippen LogP contribution in [0, 0.1) is 6.92 Å². The number of benzene rings is 2. The first-order valence-electron chi connectivity index (χ1n) is 8.97. The molecular formula is C21H20N2O3S2. The highest BCUT2D eigenvalue weighted by molar-refractivity contribution is 7.89. The molecule has 1 amide bonds. The van der Waals surface area contributed by atoms with E-state index in [4.69, 9.17) is 0 Å². The monoisotopic (exact) mass is 412 g/mol. The predicted octanol–water partition coefficient (Wildman–Crippen LogP) is 4.06. The molecule has 1 aromatic heterocycles. The molecule has 2 heterocycles. The van der Waals surface area contributed by atoms with E-state index in [9.17, 15) is 13.2 Å². The Kier molecular flexibility index (Phi) is 5.05. The van der Waals surface area contributed by atoms with Gasteiger partial charge in [-0.15, -0.1) is 11.3 Å². The number of carbonyl (C=O) groups excluding carboxylic acids is 1. The van der Waals surface area contributed by atoms with Crippen molar-refractivity contribution in [3.63, 3.8) is 0 Å². The maximum atomic E-state index is 13.0. The van der Waals surface area contributed by atoms with Crippen molar-refractivity contribution in [2.75, 3.05) is 11.9 Å². The number of hydrogen-bond acceptors (Lipinski definition) is 4. The van der Waals surface area contributed by atoms with Crippen LogP contribution in [0.2, 0.25) is 0 Å². The average molecular weight is 413 g/mol. The Bertz CT molecular complexity index is 1120. The molecule has 4 rings (SSSR count). The molecule has 1 N–H and O–H groups in total. The van der Waals surface area contributed by atoms with Gasteiger partial charge in [0, 0.05) is 24.2 Å². The number of aryl methyl sites for hydroxylation is 1. The summed E-state index contributed by atoms with van der Waals surface area (Å²) in [4.78, 5) is 13.0. The first-order chi connectivity index (χ1) is 13.4. The van der Waals surface area contributed by atoms with Crippen molar-refractivity contribution in [2.45, 2.75) is 24.8 Å². The minimum absolute atomic E-state index is 0.172. The fourth-order valence-electron chi connectivity index (χ4n) is 3.23. The van der Waals surface area contributed by atoms with Gasteiger partial charge in [-0.3, -0.25) is 4.79 Å². The summed E-state index contributed by atoms with van der Waals surface area (Å²) in [5.74, 6) is -0.306. The Morgan fingerprint density at radius 2 is 1.79 bits per heavy atom. The molecule has 0 aliphatic carbocycles. The fourth-order valence-corrected chi connectivity index (χ4v) is 5.80. The number of anilines is 1. The minimum Gasteiger partial charge on any atom is -0.321 e. The normalized spacial score (nSPS) is 14.5. The first kappa shape index (κ1) is 18.9. The number of hydrogen-bond donors (Lipinski definition) is 1. The fraction of sp³-hybridized carbons (Fsp3) is 0.190. The molecule has 3 aromatic rings. The summed E-state index contributed by atoms with van der Waals surface area (Å²) in [5, 5.41) is 4.35. The van der Waals surface area contributed by atoms with Gasteiger partial charge in [0.15, 0.2) is 0 Å². The summed E-state index contributed by atoms with van der Waals surface area (Å²) in [6, 6.07) is 16.8. The minimum atomic E-state index is -3.63. The van der Waals surface area contributed by atoms with Gasteiger partial charge in [0.1, 0.15) is 0 Å². The highest BCUT2D eigenvalue weighted by atomic mass is 32.2. The molecule has 0 unspecified atom stereocenters. The zero-order valence-corrected chi connectivity index (χ0v) is 17.0. The summed E-state index contributed by atoms with van der Waals surface area (Å²) < 4.78 is 27.5. The molecule has 0 bridgehead atoms. The van der Waals surface area contributed by atoms with Crippen molar-refractivity contribution in [1.29, 1.82) is 0 Å². The van der Waals surface area contributed by atoms with Crippen LogP contribution in [0.3, 0.4) is 0 Å². The first-order valence-corrected chi connectivity index (χ1v) is 11.3. The number of amides is 1. The van der Waals surface area contributed by atoms with Crippen LogP contribution >= 0.6 is 11.3 Å². The molecular weight excluding hydrogens is 392 g/mol. The van der Waals surface area contributed by atoms with Gasteiger partial charge in [-0.25, -0.2) is 8.42 Å². The molecule has 28 heavy (non-hydrogen) atoms. The van der Waals surface area contributed by atoms with Gasteiger partial charge < -0.3 is 5.32 Å². The van der Waals surface area contributed by atoms with Crippen molar-refractivity contribution >= 4 is 33.0 Å². The standard InChI is InChI=1S/C21H20N2O3S2/c1-15-6-8-18(9-7-15)22-21(24)20-12-19(14-27-20)28(25,26)23-11-10-16-4-2-3-5-17(16)13-23/h2-9,12,14H,10-11,13H2,1H3,(H,22,24).